The molecule has 0 amide bonds. The van der Waals surface area contributed by atoms with E-state index in [1.165, 1.54) is 6.92 Å². The maximum Gasteiger partial charge on any atom is 0.391 e. The summed E-state index contributed by atoms with van der Waals surface area (Å²) in [6, 6.07) is 0. The highest BCUT2D eigenvalue weighted by molar-refractivity contribution is 5.85. The molecule has 0 saturated heterocycles. The van der Waals surface area contributed by atoms with Crippen LogP contribution in [0, 0.1) is 11.8 Å². The van der Waals surface area contributed by atoms with Gasteiger partial charge in [-0.15, -0.1) is 0 Å². The van der Waals surface area contributed by atoms with Crippen molar-refractivity contribution in [3.05, 3.63) is 11.6 Å². The zero-order chi connectivity index (χ0) is 13.1. The van der Waals surface area contributed by atoms with E-state index in [-0.39, 0.29) is 24.3 Å². The monoisotopic (exact) mass is 250 g/mol. The summed E-state index contributed by atoms with van der Waals surface area (Å²) >= 11 is 0. The molecule has 98 valence electrons. The lowest BCUT2D eigenvalue weighted by atomic mass is 9.96. The predicted octanol–water partition coefficient (Wildman–Crippen LogP) is 3.78. The average Bonchev–Trinajstić information content (AvgIpc) is 2.42. The Hall–Kier alpha value is -1.00. The third-order valence-electron chi connectivity index (χ3n) is 3.30. The Labute approximate surface area is 98.5 Å². The lowest BCUT2D eigenvalue weighted by molar-refractivity contribution is -0.177. The summed E-state index contributed by atoms with van der Waals surface area (Å²) in [5.41, 5.74) is 0.223. The molecule has 1 aliphatic rings. The number of aliphatic carboxylic acids is 1. The van der Waals surface area contributed by atoms with E-state index in [1.807, 2.05) is 0 Å². The maximum absolute atomic E-state index is 12.5. The number of rotatable bonds is 2. The Kier molecular flexibility index (Phi) is 4.60. The minimum absolute atomic E-state index is 0.0292. The summed E-state index contributed by atoms with van der Waals surface area (Å²) < 4.78 is 37.6. The van der Waals surface area contributed by atoms with Crippen LogP contribution in [0.15, 0.2) is 11.6 Å². The molecule has 0 aromatic carbocycles. The fourth-order valence-corrected chi connectivity index (χ4v) is 2.25. The van der Waals surface area contributed by atoms with Crippen molar-refractivity contribution < 1.29 is 23.1 Å². The van der Waals surface area contributed by atoms with Crippen molar-refractivity contribution in [2.45, 2.75) is 45.2 Å². The van der Waals surface area contributed by atoms with Gasteiger partial charge in [0.1, 0.15) is 0 Å². The Balaban J connectivity index is 2.60. The lowest BCUT2D eigenvalue weighted by Gasteiger charge is -2.17. The Morgan fingerprint density at radius 2 is 1.88 bits per heavy atom. The van der Waals surface area contributed by atoms with Gasteiger partial charge in [-0.25, -0.2) is 4.79 Å². The Morgan fingerprint density at radius 3 is 2.41 bits per heavy atom. The number of halogens is 3. The molecular formula is C12H17F3O2. The van der Waals surface area contributed by atoms with E-state index in [0.29, 0.717) is 19.3 Å². The van der Waals surface area contributed by atoms with Gasteiger partial charge in [0, 0.05) is 5.57 Å². The van der Waals surface area contributed by atoms with Gasteiger partial charge in [-0.05, 0) is 38.5 Å². The summed E-state index contributed by atoms with van der Waals surface area (Å²) in [5, 5.41) is 8.72. The molecule has 1 rings (SSSR count). The summed E-state index contributed by atoms with van der Waals surface area (Å²) in [6.45, 7) is 1.48. The Morgan fingerprint density at radius 1 is 1.24 bits per heavy atom. The topological polar surface area (TPSA) is 37.3 Å². The van der Waals surface area contributed by atoms with E-state index >= 15 is 0 Å². The van der Waals surface area contributed by atoms with Gasteiger partial charge >= 0.3 is 12.1 Å². The summed E-state index contributed by atoms with van der Waals surface area (Å²) in [5.74, 6) is -2.24. The first-order valence-electron chi connectivity index (χ1n) is 5.79. The van der Waals surface area contributed by atoms with Crippen molar-refractivity contribution in [2.75, 3.05) is 0 Å². The van der Waals surface area contributed by atoms with E-state index < -0.39 is 18.1 Å². The molecule has 5 heteroatoms. The van der Waals surface area contributed by atoms with Crippen LogP contribution in [0.5, 0.6) is 0 Å². The number of alkyl halides is 3. The van der Waals surface area contributed by atoms with Crippen molar-refractivity contribution in [3.63, 3.8) is 0 Å². The second-order valence-electron chi connectivity index (χ2n) is 4.66. The average molecular weight is 250 g/mol. The summed E-state index contributed by atoms with van der Waals surface area (Å²) in [7, 11) is 0. The minimum atomic E-state index is -4.11. The highest BCUT2D eigenvalue weighted by Crippen LogP contribution is 2.38. The third-order valence-corrected chi connectivity index (χ3v) is 3.30. The second-order valence-corrected chi connectivity index (χ2v) is 4.66. The fraction of sp³-hybridized carbons (Fsp3) is 0.750. The predicted molar refractivity (Wildman–Crippen MR) is 57.5 cm³/mol. The van der Waals surface area contributed by atoms with Crippen LogP contribution in [0.3, 0.4) is 0 Å². The zero-order valence-electron chi connectivity index (χ0n) is 9.76. The molecule has 0 radical (unpaired) electrons. The molecule has 0 aromatic heterocycles. The molecule has 0 heterocycles. The van der Waals surface area contributed by atoms with Crippen molar-refractivity contribution in [2.24, 2.45) is 11.8 Å². The number of carboxylic acids is 1. The molecule has 1 fully saturated rings. The van der Waals surface area contributed by atoms with Gasteiger partial charge in [-0.3, -0.25) is 0 Å². The lowest BCUT2D eigenvalue weighted by Crippen LogP contribution is -2.22. The molecule has 0 aromatic rings. The van der Waals surface area contributed by atoms with Gasteiger partial charge in [-0.2, -0.15) is 13.2 Å². The van der Waals surface area contributed by atoms with E-state index in [2.05, 4.69) is 0 Å². The van der Waals surface area contributed by atoms with Crippen LogP contribution in [0.2, 0.25) is 0 Å². The number of hydrogen-bond donors (Lipinski definition) is 1. The molecule has 0 aliphatic heterocycles. The first-order chi connectivity index (χ1) is 7.80. The fourth-order valence-electron chi connectivity index (χ4n) is 2.25. The van der Waals surface area contributed by atoms with E-state index in [0.717, 1.165) is 0 Å². The standard InChI is InChI=1S/C12H17F3O2/c1-8(11(16)17)7-9-3-2-4-10(6-5-9)12(13,14)15/h7,9-10H,2-6H2,1H3,(H,16,17). The summed E-state index contributed by atoms with van der Waals surface area (Å²) in [6.07, 6.45) is -0.650. The van der Waals surface area contributed by atoms with Crippen LogP contribution in [-0.2, 0) is 4.79 Å². The molecule has 17 heavy (non-hydrogen) atoms. The molecule has 2 unspecified atom stereocenters. The molecule has 0 spiro atoms. The number of allylic oxidation sites excluding steroid dienone is 1. The molecule has 1 saturated carbocycles. The minimum Gasteiger partial charge on any atom is -0.478 e. The van der Waals surface area contributed by atoms with Gasteiger partial charge in [0.2, 0.25) is 0 Å². The zero-order valence-corrected chi connectivity index (χ0v) is 9.76. The van der Waals surface area contributed by atoms with Crippen molar-refractivity contribution >= 4 is 5.97 Å². The highest BCUT2D eigenvalue weighted by Gasteiger charge is 2.39. The van der Waals surface area contributed by atoms with Crippen molar-refractivity contribution in [3.8, 4) is 0 Å². The van der Waals surface area contributed by atoms with E-state index in [9.17, 15) is 18.0 Å². The highest BCUT2D eigenvalue weighted by atomic mass is 19.4. The van der Waals surface area contributed by atoms with Gasteiger partial charge in [0.25, 0.3) is 0 Å². The van der Waals surface area contributed by atoms with Crippen LogP contribution in [-0.4, -0.2) is 17.3 Å². The molecule has 0 bridgehead atoms. The number of carbonyl (C=O) groups is 1. The normalized spacial score (nSPS) is 27.6. The maximum atomic E-state index is 12.5. The first kappa shape index (κ1) is 14.1. The van der Waals surface area contributed by atoms with Crippen LogP contribution in [0.25, 0.3) is 0 Å². The molecule has 2 nitrogen and oxygen atoms in total. The Bertz CT molecular complexity index is 307. The van der Waals surface area contributed by atoms with Crippen LogP contribution in [0.4, 0.5) is 13.2 Å². The van der Waals surface area contributed by atoms with Crippen molar-refractivity contribution in [1.29, 1.82) is 0 Å². The first-order valence-corrected chi connectivity index (χ1v) is 5.79. The van der Waals surface area contributed by atoms with E-state index in [1.54, 1.807) is 6.08 Å². The number of hydrogen-bond acceptors (Lipinski definition) is 1. The third kappa shape index (κ3) is 4.40. The van der Waals surface area contributed by atoms with Gasteiger partial charge in [-0.1, -0.05) is 12.5 Å². The van der Waals surface area contributed by atoms with Gasteiger partial charge in [0.05, 0.1) is 5.92 Å². The largest absolute Gasteiger partial charge is 0.478 e. The van der Waals surface area contributed by atoms with E-state index in [4.69, 9.17) is 5.11 Å². The van der Waals surface area contributed by atoms with Crippen LogP contribution < -0.4 is 0 Å². The second kappa shape index (κ2) is 5.56. The summed E-state index contributed by atoms with van der Waals surface area (Å²) in [4.78, 5) is 10.6. The molecular weight excluding hydrogens is 233 g/mol. The number of carboxylic acid groups (broad SMARTS) is 1. The molecule has 2 atom stereocenters. The molecule has 1 N–H and O–H groups in total. The van der Waals surface area contributed by atoms with Crippen molar-refractivity contribution in [1.82, 2.24) is 0 Å². The quantitative estimate of drug-likeness (QED) is 0.598. The van der Waals surface area contributed by atoms with Gasteiger partial charge < -0.3 is 5.11 Å². The van der Waals surface area contributed by atoms with Crippen LogP contribution in [0.1, 0.15) is 39.0 Å². The smallest absolute Gasteiger partial charge is 0.391 e. The SMILES string of the molecule is CC(=CC1CCCC(C(F)(F)F)CC1)C(=O)O. The molecule has 1 aliphatic carbocycles. The van der Waals surface area contributed by atoms with Crippen LogP contribution >= 0.6 is 0 Å². The van der Waals surface area contributed by atoms with Gasteiger partial charge in [0.15, 0.2) is 0 Å².